The number of carbonyl (C=O) groups is 1. The molecule has 0 aliphatic carbocycles. The number of aromatic nitrogens is 3. The van der Waals surface area contributed by atoms with Gasteiger partial charge in [0.1, 0.15) is 11.3 Å². The standard InChI is InChI=1S/C21H24N4O4.ClH/c1-5-27-17-10-15-19(25-14-8-9-18(22-11-14)28-6-2)16(21(26)29-7-3)12-23-20(15)24-13(17)4;/h8-12H,5-7H2,1-4H3,(H,23,24,25);1H. The maximum Gasteiger partial charge on any atom is 0.341 e. The van der Waals surface area contributed by atoms with Crippen LogP contribution in [0.2, 0.25) is 0 Å². The van der Waals surface area contributed by atoms with Crippen molar-refractivity contribution in [1.82, 2.24) is 15.0 Å². The molecule has 0 atom stereocenters. The van der Waals surface area contributed by atoms with Crippen LogP contribution >= 0.6 is 12.4 Å². The third kappa shape index (κ3) is 5.07. The van der Waals surface area contributed by atoms with Crippen LogP contribution in [-0.4, -0.2) is 40.7 Å². The molecule has 9 heteroatoms. The highest BCUT2D eigenvalue weighted by atomic mass is 35.5. The lowest BCUT2D eigenvalue weighted by Crippen LogP contribution is -2.10. The Hall–Kier alpha value is -3.13. The number of pyridine rings is 3. The topological polar surface area (TPSA) is 95.5 Å². The predicted molar refractivity (Wildman–Crippen MR) is 117 cm³/mol. The highest BCUT2D eigenvalue weighted by molar-refractivity contribution is 6.05. The molecule has 8 nitrogen and oxygen atoms in total. The van der Waals surface area contributed by atoms with Gasteiger partial charge in [-0.25, -0.2) is 19.7 Å². The van der Waals surface area contributed by atoms with Gasteiger partial charge in [0.2, 0.25) is 5.88 Å². The first kappa shape index (κ1) is 23.2. The fraction of sp³-hybridized carbons (Fsp3) is 0.333. The fourth-order valence-corrected chi connectivity index (χ4v) is 2.82. The zero-order valence-corrected chi connectivity index (χ0v) is 18.2. The van der Waals surface area contributed by atoms with Crippen molar-refractivity contribution in [3.8, 4) is 11.6 Å². The van der Waals surface area contributed by atoms with Crippen molar-refractivity contribution in [1.29, 1.82) is 0 Å². The van der Waals surface area contributed by atoms with E-state index in [0.717, 1.165) is 5.69 Å². The first-order chi connectivity index (χ1) is 14.1. The number of fused-ring (bicyclic) bond motifs is 1. The lowest BCUT2D eigenvalue weighted by Gasteiger charge is -2.15. The molecule has 160 valence electrons. The van der Waals surface area contributed by atoms with Gasteiger partial charge in [-0.15, -0.1) is 12.4 Å². The van der Waals surface area contributed by atoms with E-state index in [0.29, 0.717) is 52.8 Å². The van der Waals surface area contributed by atoms with Gasteiger partial charge in [0.05, 0.1) is 43.1 Å². The molecular formula is C21H25ClN4O4. The summed E-state index contributed by atoms with van der Waals surface area (Å²) in [5, 5.41) is 3.91. The Morgan fingerprint density at radius 3 is 2.43 bits per heavy atom. The largest absolute Gasteiger partial charge is 0.492 e. The normalized spacial score (nSPS) is 10.3. The number of ether oxygens (including phenoxy) is 3. The van der Waals surface area contributed by atoms with E-state index in [1.807, 2.05) is 32.9 Å². The summed E-state index contributed by atoms with van der Waals surface area (Å²) in [7, 11) is 0. The molecule has 0 saturated carbocycles. The van der Waals surface area contributed by atoms with Crippen LogP contribution in [0.15, 0.2) is 30.6 Å². The smallest absolute Gasteiger partial charge is 0.341 e. The Kier molecular flexibility index (Phi) is 8.17. The van der Waals surface area contributed by atoms with Crippen LogP contribution in [0, 0.1) is 6.92 Å². The number of halogens is 1. The number of nitrogens with one attached hydrogen (secondary N) is 1. The number of hydrogen-bond donors (Lipinski definition) is 1. The predicted octanol–water partition coefficient (Wildman–Crippen LogP) is 4.47. The summed E-state index contributed by atoms with van der Waals surface area (Å²) in [6.45, 7) is 8.72. The van der Waals surface area contributed by atoms with E-state index in [1.54, 1.807) is 19.2 Å². The summed E-state index contributed by atoms with van der Waals surface area (Å²) >= 11 is 0. The maximum atomic E-state index is 12.5. The van der Waals surface area contributed by atoms with Gasteiger partial charge in [-0.05, 0) is 39.8 Å². The summed E-state index contributed by atoms with van der Waals surface area (Å²) in [4.78, 5) is 25.6. The van der Waals surface area contributed by atoms with Crippen molar-refractivity contribution in [3.05, 3.63) is 41.9 Å². The molecule has 0 spiro atoms. The molecular weight excluding hydrogens is 408 g/mol. The lowest BCUT2D eigenvalue weighted by molar-refractivity contribution is 0.0527. The Morgan fingerprint density at radius 2 is 1.80 bits per heavy atom. The van der Waals surface area contributed by atoms with Crippen molar-refractivity contribution in [2.45, 2.75) is 27.7 Å². The second-order valence-electron chi connectivity index (χ2n) is 6.09. The van der Waals surface area contributed by atoms with Gasteiger partial charge in [-0.2, -0.15) is 0 Å². The molecule has 30 heavy (non-hydrogen) atoms. The highest BCUT2D eigenvalue weighted by Crippen LogP contribution is 2.32. The van der Waals surface area contributed by atoms with Gasteiger partial charge >= 0.3 is 5.97 Å². The highest BCUT2D eigenvalue weighted by Gasteiger charge is 2.19. The number of nitrogens with zero attached hydrogens (tertiary/aromatic N) is 3. The van der Waals surface area contributed by atoms with Crippen LogP contribution in [0.4, 0.5) is 11.4 Å². The number of rotatable bonds is 8. The SMILES string of the molecule is CCOC(=O)c1cnc2nc(C)c(OCC)cc2c1Nc1ccc(OCC)nc1.Cl. The van der Waals surface area contributed by atoms with E-state index in [9.17, 15) is 4.79 Å². The van der Waals surface area contributed by atoms with Crippen molar-refractivity contribution in [3.63, 3.8) is 0 Å². The Bertz CT molecular complexity index is 1010. The summed E-state index contributed by atoms with van der Waals surface area (Å²) in [6, 6.07) is 5.42. The Morgan fingerprint density at radius 1 is 1.03 bits per heavy atom. The number of anilines is 2. The molecule has 0 aliphatic heterocycles. The molecule has 0 radical (unpaired) electrons. The van der Waals surface area contributed by atoms with Crippen molar-refractivity contribution in [2.75, 3.05) is 25.1 Å². The third-order valence-corrected chi connectivity index (χ3v) is 4.09. The number of esters is 1. The van der Waals surface area contributed by atoms with E-state index in [-0.39, 0.29) is 19.0 Å². The lowest BCUT2D eigenvalue weighted by atomic mass is 10.1. The molecule has 0 aromatic carbocycles. The fourth-order valence-electron chi connectivity index (χ4n) is 2.82. The van der Waals surface area contributed by atoms with E-state index < -0.39 is 5.97 Å². The van der Waals surface area contributed by atoms with Crippen LogP contribution in [0.3, 0.4) is 0 Å². The molecule has 0 saturated heterocycles. The molecule has 3 rings (SSSR count). The van der Waals surface area contributed by atoms with Crippen molar-refractivity contribution >= 4 is 40.8 Å². The monoisotopic (exact) mass is 432 g/mol. The molecule has 0 amide bonds. The van der Waals surface area contributed by atoms with Crippen LogP contribution in [-0.2, 0) is 4.74 Å². The average Bonchev–Trinajstić information content (AvgIpc) is 2.71. The average molecular weight is 433 g/mol. The molecule has 0 aliphatic rings. The Balaban J connectivity index is 0.00000320. The summed E-state index contributed by atoms with van der Waals surface area (Å²) < 4.78 is 16.3. The van der Waals surface area contributed by atoms with Gasteiger partial charge in [-0.1, -0.05) is 0 Å². The molecule has 0 fully saturated rings. The Labute approximate surface area is 181 Å². The van der Waals surface area contributed by atoms with Gasteiger partial charge in [-0.3, -0.25) is 0 Å². The molecule has 0 unspecified atom stereocenters. The number of hydrogen-bond acceptors (Lipinski definition) is 8. The molecule has 3 aromatic rings. The maximum absolute atomic E-state index is 12.5. The minimum atomic E-state index is -0.471. The minimum Gasteiger partial charge on any atom is -0.492 e. The van der Waals surface area contributed by atoms with Crippen LogP contribution < -0.4 is 14.8 Å². The van der Waals surface area contributed by atoms with Crippen LogP contribution in [0.1, 0.15) is 36.8 Å². The van der Waals surface area contributed by atoms with E-state index in [2.05, 4.69) is 20.3 Å². The zero-order valence-electron chi connectivity index (χ0n) is 17.4. The second kappa shape index (κ2) is 10.6. The zero-order chi connectivity index (χ0) is 20.8. The number of carbonyl (C=O) groups excluding carboxylic acids is 1. The first-order valence-electron chi connectivity index (χ1n) is 9.53. The van der Waals surface area contributed by atoms with Crippen LogP contribution in [0.5, 0.6) is 11.6 Å². The van der Waals surface area contributed by atoms with E-state index in [1.165, 1.54) is 6.20 Å². The quantitative estimate of drug-likeness (QED) is 0.521. The molecule has 3 aromatic heterocycles. The summed E-state index contributed by atoms with van der Waals surface area (Å²) in [6.07, 6.45) is 3.11. The number of aryl methyl sites for hydroxylation is 1. The first-order valence-corrected chi connectivity index (χ1v) is 9.53. The van der Waals surface area contributed by atoms with Gasteiger partial charge in [0.25, 0.3) is 0 Å². The van der Waals surface area contributed by atoms with Crippen molar-refractivity contribution in [2.24, 2.45) is 0 Å². The molecule has 3 heterocycles. The van der Waals surface area contributed by atoms with E-state index in [4.69, 9.17) is 14.2 Å². The van der Waals surface area contributed by atoms with Gasteiger partial charge in [0.15, 0.2) is 5.65 Å². The molecule has 1 N–H and O–H groups in total. The van der Waals surface area contributed by atoms with Crippen LogP contribution in [0.25, 0.3) is 11.0 Å². The van der Waals surface area contributed by atoms with Crippen molar-refractivity contribution < 1.29 is 19.0 Å². The van der Waals surface area contributed by atoms with E-state index >= 15 is 0 Å². The van der Waals surface area contributed by atoms with Gasteiger partial charge < -0.3 is 19.5 Å². The van der Waals surface area contributed by atoms with Gasteiger partial charge in [0, 0.05) is 17.6 Å². The molecule has 0 bridgehead atoms. The second-order valence-corrected chi connectivity index (χ2v) is 6.09. The summed E-state index contributed by atoms with van der Waals surface area (Å²) in [5.74, 6) is 0.691. The third-order valence-electron chi connectivity index (χ3n) is 4.09. The minimum absolute atomic E-state index is 0. The summed E-state index contributed by atoms with van der Waals surface area (Å²) in [5.41, 5.74) is 2.75.